The molecule has 0 aliphatic rings. The summed E-state index contributed by atoms with van der Waals surface area (Å²) in [7, 11) is 0. The Morgan fingerprint density at radius 3 is 2.48 bits per heavy atom. The molecule has 0 amide bonds. The van der Waals surface area contributed by atoms with Gasteiger partial charge in [-0.15, -0.1) is 0 Å². The molecule has 110 valence electrons. The minimum Gasteiger partial charge on any atom is -0.384 e. The SMILES string of the molecule is CCN(Cc1cccc(C(=N)N)c1F)c1ccccc1F. The van der Waals surface area contributed by atoms with Gasteiger partial charge in [0.2, 0.25) is 0 Å². The van der Waals surface area contributed by atoms with Crippen LogP contribution in [0.4, 0.5) is 14.5 Å². The van der Waals surface area contributed by atoms with E-state index in [4.69, 9.17) is 11.1 Å². The normalized spacial score (nSPS) is 10.4. The smallest absolute Gasteiger partial charge is 0.146 e. The van der Waals surface area contributed by atoms with Crippen LogP contribution >= 0.6 is 0 Å². The number of anilines is 1. The van der Waals surface area contributed by atoms with Gasteiger partial charge >= 0.3 is 0 Å². The predicted octanol–water partition coefficient (Wildman–Crippen LogP) is 3.28. The number of nitrogen functional groups attached to an aromatic ring is 1. The first-order chi connectivity index (χ1) is 10.0. The summed E-state index contributed by atoms with van der Waals surface area (Å²) in [4.78, 5) is 1.73. The Bertz CT molecular complexity index is 656. The van der Waals surface area contributed by atoms with Crippen LogP contribution in [0.3, 0.4) is 0 Å². The van der Waals surface area contributed by atoms with Crippen molar-refractivity contribution in [3.05, 3.63) is 65.2 Å². The Balaban J connectivity index is 2.34. The zero-order chi connectivity index (χ0) is 15.4. The summed E-state index contributed by atoms with van der Waals surface area (Å²) in [6, 6.07) is 11.1. The molecule has 0 fully saturated rings. The topological polar surface area (TPSA) is 53.1 Å². The molecule has 2 rings (SSSR count). The quantitative estimate of drug-likeness (QED) is 0.655. The second kappa shape index (κ2) is 6.35. The molecular formula is C16H17F2N3. The van der Waals surface area contributed by atoms with Crippen molar-refractivity contribution in [1.82, 2.24) is 0 Å². The third kappa shape index (κ3) is 3.18. The van der Waals surface area contributed by atoms with Gasteiger partial charge in [-0.05, 0) is 25.1 Å². The highest BCUT2D eigenvalue weighted by molar-refractivity contribution is 5.95. The minimum atomic E-state index is -0.528. The molecule has 0 saturated carbocycles. The minimum absolute atomic E-state index is 0.0667. The molecule has 0 spiro atoms. The highest BCUT2D eigenvalue weighted by atomic mass is 19.1. The maximum Gasteiger partial charge on any atom is 0.146 e. The molecule has 2 aromatic carbocycles. The predicted molar refractivity (Wildman–Crippen MR) is 80.5 cm³/mol. The molecule has 3 nitrogen and oxygen atoms in total. The van der Waals surface area contributed by atoms with Gasteiger partial charge in [0.25, 0.3) is 0 Å². The summed E-state index contributed by atoms with van der Waals surface area (Å²) in [5.41, 5.74) is 6.22. The van der Waals surface area contributed by atoms with Crippen LogP contribution in [0.5, 0.6) is 0 Å². The van der Waals surface area contributed by atoms with E-state index in [-0.39, 0.29) is 23.8 Å². The van der Waals surface area contributed by atoms with Gasteiger partial charge in [-0.2, -0.15) is 0 Å². The van der Waals surface area contributed by atoms with Gasteiger partial charge in [-0.25, -0.2) is 8.78 Å². The lowest BCUT2D eigenvalue weighted by molar-refractivity contribution is 0.594. The van der Waals surface area contributed by atoms with E-state index in [0.29, 0.717) is 17.8 Å². The Morgan fingerprint density at radius 1 is 1.14 bits per heavy atom. The highest BCUT2D eigenvalue weighted by Crippen LogP contribution is 2.22. The van der Waals surface area contributed by atoms with Crippen molar-refractivity contribution in [3.63, 3.8) is 0 Å². The van der Waals surface area contributed by atoms with Crippen LogP contribution in [0.2, 0.25) is 0 Å². The van der Waals surface area contributed by atoms with Gasteiger partial charge in [-0.3, -0.25) is 5.41 Å². The molecule has 0 atom stereocenters. The van der Waals surface area contributed by atoms with Crippen molar-refractivity contribution in [2.75, 3.05) is 11.4 Å². The van der Waals surface area contributed by atoms with Gasteiger partial charge in [0.15, 0.2) is 0 Å². The Hall–Kier alpha value is -2.43. The monoisotopic (exact) mass is 289 g/mol. The van der Waals surface area contributed by atoms with Crippen LogP contribution in [0.1, 0.15) is 18.1 Å². The summed E-state index contributed by atoms with van der Waals surface area (Å²) in [5, 5.41) is 7.36. The molecule has 0 aromatic heterocycles. The largest absolute Gasteiger partial charge is 0.384 e. The fourth-order valence-corrected chi connectivity index (χ4v) is 2.19. The van der Waals surface area contributed by atoms with Gasteiger partial charge in [-0.1, -0.05) is 24.3 Å². The van der Waals surface area contributed by atoms with E-state index >= 15 is 0 Å². The highest BCUT2D eigenvalue weighted by Gasteiger charge is 2.15. The van der Waals surface area contributed by atoms with E-state index in [9.17, 15) is 8.78 Å². The molecule has 0 aliphatic heterocycles. The number of halogens is 2. The van der Waals surface area contributed by atoms with E-state index in [1.54, 1.807) is 35.2 Å². The second-order valence-electron chi connectivity index (χ2n) is 4.66. The van der Waals surface area contributed by atoms with Gasteiger partial charge in [0.1, 0.15) is 17.5 Å². The first-order valence-electron chi connectivity index (χ1n) is 6.65. The molecule has 0 aliphatic carbocycles. The molecule has 0 bridgehead atoms. The number of para-hydroxylation sites is 1. The standard InChI is InChI=1S/C16H17F2N3/c1-2-21(14-9-4-3-8-13(14)17)10-11-6-5-7-12(15(11)18)16(19)20/h3-9H,2,10H2,1H3,(H3,19,20). The van der Waals surface area contributed by atoms with E-state index < -0.39 is 5.82 Å². The van der Waals surface area contributed by atoms with E-state index in [1.165, 1.54) is 12.1 Å². The lowest BCUT2D eigenvalue weighted by Gasteiger charge is -2.24. The molecule has 5 heteroatoms. The molecule has 2 aromatic rings. The van der Waals surface area contributed by atoms with Gasteiger partial charge in [0, 0.05) is 18.7 Å². The Kier molecular flexibility index (Phi) is 4.52. The van der Waals surface area contributed by atoms with Crippen molar-refractivity contribution in [3.8, 4) is 0 Å². The third-order valence-corrected chi connectivity index (χ3v) is 3.30. The lowest BCUT2D eigenvalue weighted by atomic mass is 10.1. The molecule has 3 N–H and O–H groups in total. The fourth-order valence-electron chi connectivity index (χ4n) is 2.19. The first-order valence-corrected chi connectivity index (χ1v) is 6.65. The van der Waals surface area contributed by atoms with Crippen molar-refractivity contribution < 1.29 is 8.78 Å². The second-order valence-corrected chi connectivity index (χ2v) is 4.66. The van der Waals surface area contributed by atoms with E-state index in [2.05, 4.69) is 0 Å². The van der Waals surface area contributed by atoms with Crippen LogP contribution < -0.4 is 10.6 Å². The average Bonchev–Trinajstić information content (AvgIpc) is 2.47. The number of hydrogen-bond acceptors (Lipinski definition) is 2. The van der Waals surface area contributed by atoms with Gasteiger partial charge in [0.05, 0.1) is 11.3 Å². The summed E-state index contributed by atoms with van der Waals surface area (Å²) in [6.07, 6.45) is 0. The van der Waals surface area contributed by atoms with Crippen LogP contribution in [-0.2, 0) is 6.54 Å². The van der Waals surface area contributed by atoms with Crippen LogP contribution in [0.25, 0.3) is 0 Å². The van der Waals surface area contributed by atoms with Crippen molar-refractivity contribution in [2.45, 2.75) is 13.5 Å². The number of rotatable bonds is 5. The molecule has 0 saturated heterocycles. The summed E-state index contributed by atoms with van der Waals surface area (Å²) < 4.78 is 28.1. The number of amidine groups is 1. The molecular weight excluding hydrogens is 272 g/mol. The van der Waals surface area contributed by atoms with E-state index in [0.717, 1.165) is 0 Å². The molecule has 0 radical (unpaired) electrons. The zero-order valence-corrected chi connectivity index (χ0v) is 11.7. The Morgan fingerprint density at radius 2 is 1.86 bits per heavy atom. The van der Waals surface area contributed by atoms with Crippen molar-refractivity contribution >= 4 is 11.5 Å². The number of hydrogen-bond donors (Lipinski definition) is 2. The summed E-state index contributed by atoms with van der Waals surface area (Å²) in [6.45, 7) is 2.62. The van der Waals surface area contributed by atoms with Crippen molar-refractivity contribution in [1.29, 1.82) is 5.41 Å². The fraction of sp³-hybridized carbons (Fsp3) is 0.188. The van der Waals surface area contributed by atoms with Crippen LogP contribution in [-0.4, -0.2) is 12.4 Å². The summed E-state index contributed by atoms with van der Waals surface area (Å²) >= 11 is 0. The molecule has 0 heterocycles. The number of nitrogens with two attached hydrogens (primary N) is 1. The number of benzene rings is 2. The lowest BCUT2D eigenvalue weighted by Crippen LogP contribution is -2.24. The van der Waals surface area contributed by atoms with Crippen LogP contribution in [0.15, 0.2) is 42.5 Å². The molecule has 0 unspecified atom stereocenters. The summed E-state index contributed by atoms with van der Waals surface area (Å²) in [5.74, 6) is -1.19. The van der Waals surface area contributed by atoms with Crippen molar-refractivity contribution in [2.24, 2.45) is 5.73 Å². The Labute approximate surface area is 122 Å². The maximum atomic E-state index is 14.3. The zero-order valence-electron chi connectivity index (χ0n) is 11.7. The maximum absolute atomic E-state index is 14.3. The number of nitrogens with zero attached hydrogens (tertiary/aromatic N) is 1. The first kappa shape index (κ1) is 15.0. The molecule has 21 heavy (non-hydrogen) atoms. The average molecular weight is 289 g/mol. The van der Waals surface area contributed by atoms with E-state index in [1.807, 2.05) is 6.92 Å². The van der Waals surface area contributed by atoms with Crippen LogP contribution in [0, 0.1) is 17.0 Å². The van der Waals surface area contributed by atoms with Gasteiger partial charge < -0.3 is 10.6 Å². The number of nitrogens with one attached hydrogen (secondary N) is 1. The third-order valence-electron chi connectivity index (χ3n) is 3.30.